The van der Waals surface area contributed by atoms with Crippen LogP contribution in [0.5, 0.6) is 5.88 Å². The second kappa shape index (κ2) is 7.12. The van der Waals surface area contributed by atoms with Crippen LogP contribution in [0.1, 0.15) is 32.4 Å². The number of rotatable bonds is 5. The van der Waals surface area contributed by atoms with Crippen molar-refractivity contribution in [3.8, 4) is 5.88 Å². The summed E-state index contributed by atoms with van der Waals surface area (Å²) in [6, 6.07) is 7.64. The van der Waals surface area contributed by atoms with Gasteiger partial charge in [-0.15, -0.1) is 0 Å². The zero-order chi connectivity index (χ0) is 18.1. The molecule has 1 heterocycles. The summed E-state index contributed by atoms with van der Waals surface area (Å²) in [7, 11) is -0.226. The summed E-state index contributed by atoms with van der Waals surface area (Å²) in [6.07, 6.45) is 0. The number of hydrogen-bond acceptors (Lipinski definition) is 4. The molecule has 0 saturated carbocycles. The number of fused-ring (bicyclic) bond motifs is 1. The van der Waals surface area contributed by atoms with E-state index < -0.39 is 8.32 Å². The lowest BCUT2D eigenvalue weighted by atomic mass is 10.0. The third-order valence-corrected chi connectivity index (χ3v) is 10.0. The molecule has 0 spiro atoms. The van der Waals surface area contributed by atoms with E-state index in [2.05, 4.69) is 54.8 Å². The lowest BCUT2D eigenvalue weighted by Gasteiger charge is -2.37. The van der Waals surface area contributed by atoms with E-state index in [0.717, 1.165) is 20.9 Å². The van der Waals surface area contributed by atoms with Crippen LogP contribution in [0.4, 0.5) is 0 Å². The van der Waals surface area contributed by atoms with Crippen molar-refractivity contribution in [3.05, 3.63) is 34.3 Å². The van der Waals surface area contributed by atoms with E-state index >= 15 is 0 Å². The van der Waals surface area contributed by atoms with Crippen LogP contribution in [-0.4, -0.2) is 27.0 Å². The van der Waals surface area contributed by atoms with Gasteiger partial charge in [0.15, 0.2) is 8.32 Å². The lowest BCUT2D eigenvalue weighted by molar-refractivity contribution is 0.265. The average Bonchev–Trinajstić information content (AvgIpc) is 2.50. The zero-order valence-corrected chi connectivity index (χ0v) is 17.9. The van der Waals surface area contributed by atoms with Crippen LogP contribution in [0.25, 0.3) is 10.9 Å². The van der Waals surface area contributed by atoms with Gasteiger partial charge in [-0.2, -0.15) is 0 Å². The number of pyridine rings is 1. The Morgan fingerprint density at radius 3 is 2.42 bits per heavy atom. The highest BCUT2D eigenvalue weighted by Crippen LogP contribution is 2.38. The van der Waals surface area contributed by atoms with Crippen LogP contribution < -0.4 is 10.5 Å². The van der Waals surface area contributed by atoms with E-state index in [1.54, 1.807) is 7.11 Å². The first-order valence-electron chi connectivity index (χ1n) is 8.09. The fourth-order valence-corrected chi connectivity index (χ4v) is 3.88. The summed E-state index contributed by atoms with van der Waals surface area (Å²) < 4.78 is 12.5. The minimum atomic E-state index is -1.84. The van der Waals surface area contributed by atoms with Gasteiger partial charge in [0.2, 0.25) is 5.88 Å². The van der Waals surface area contributed by atoms with Gasteiger partial charge >= 0.3 is 0 Å². The Bertz CT molecular complexity index is 729. The topological polar surface area (TPSA) is 57.4 Å². The summed E-state index contributed by atoms with van der Waals surface area (Å²) in [6.45, 7) is 11.6. The molecule has 2 rings (SSSR count). The van der Waals surface area contributed by atoms with Crippen LogP contribution in [0.2, 0.25) is 18.1 Å². The van der Waals surface area contributed by atoms with Gasteiger partial charge < -0.3 is 14.9 Å². The Kier molecular flexibility index (Phi) is 5.74. The summed E-state index contributed by atoms with van der Waals surface area (Å²) >= 11 is 3.62. The van der Waals surface area contributed by atoms with Gasteiger partial charge in [-0.3, -0.25) is 0 Å². The highest BCUT2D eigenvalue weighted by atomic mass is 79.9. The van der Waals surface area contributed by atoms with Crippen LogP contribution in [0, 0.1) is 0 Å². The van der Waals surface area contributed by atoms with E-state index in [0.29, 0.717) is 12.5 Å². The van der Waals surface area contributed by atoms with Crippen molar-refractivity contribution in [3.63, 3.8) is 0 Å². The molecule has 1 unspecified atom stereocenters. The molecule has 0 aliphatic heterocycles. The number of nitrogens with two attached hydrogens (primary N) is 1. The quantitative estimate of drug-likeness (QED) is 0.702. The molecular formula is C18H27BrN2O2Si. The number of benzene rings is 1. The standard InChI is InChI=1S/C18H27BrN2O2Si/c1-18(2,3)24(5,6)23-11-14(20)16-13(19)9-7-12-8-10-15(22-4)21-17(12)16/h7-10,14H,11,20H2,1-6H3. The Labute approximate surface area is 154 Å². The molecule has 0 saturated heterocycles. The lowest BCUT2D eigenvalue weighted by Crippen LogP contribution is -2.42. The zero-order valence-electron chi connectivity index (χ0n) is 15.3. The Hall–Kier alpha value is -0.953. The highest BCUT2D eigenvalue weighted by Gasteiger charge is 2.37. The largest absolute Gasteiger partial charge is 0.481 e. The molecule has 24 heavy (non-hydrogen) atoms. The van der Waals surface area contributed by atoms with Crippen molar-refractivity contribution in [1.29, 1.82) is 0 Å². The predicted molar refractivity (Wildman–Crippen MR) is 106 cm³/mol. The van der Waals surface area contributed by atoms with Gasteiger partial charge in [0, 0.05) is 21.5 Å². The molecule has 4 nitrogen and oxygen atoms in total. The number of halogens is 1. The monoisotopic (exact) mass is 410 g/mol. The summed E-state index contributed by atoms with van der Waals surface area (Å²) in [5.41, 5.74) is 8.31. The van der Waals surface area contributed by atoms with Gasteiger partial charge in [-0.25, -0.2) is 4.98 Å². The number of aromatic nitrogens is 1. The third kappa shape index (κ3) is 3.99. The van der Waals surface area contributed by atoms with Gasteiger partial charge in [-0.1, -0.05) is 42.8 Å². The van der Waals surface area contributed by atoms with E-state index in [1.807, 2.05) is 24.3 Å². The first-order chi connectivity index (χ1) is 11.1. The predicted octanol–water partition coefficient (Wildman–Crippen LogP) is 5.03. The molecule has 1 aromatic heterocycles. The molecule has 0 aliphatic carbocycles. The molecule has 0 bridgehead atoms. The number of methoxy groups -OCH3 is 1. The summed E-state index contributed by atoms with van der Waals surface area (Å²) in [5, 5.41) is 1.20. The molecule has 2 N–H and O–H groups in total. The first kappa shape index (κ1) is 19.4. The fraction of sp³-hybridized carbons (Fsp3) is 0.500. The summed E-state index contributed by atoms with van der Waals surface area (Å²) in [5.74, 6) is 0.583. The minimum Gasteiger partial charge on any atom is -0.481 e. The van der Waals surface area contributed by atoms with Crippen LogP contribution >= 0.6 is 15.9 Å². The molecule has 1 atom stereocenters. The van der Waals surface area contributed by atoms with E-state index in [1.165, 1.54) is 0 Å². The molecule has 0 radical (unpaired) electrons. The van der Waals surface area contributed by atoms with Gasteiger partial charge in [0.1, 0.15) is 0 Å². The normalized spacial score (nSPS) is 14.0. The Morgan fingerprint density at radius 2 is 1.83 bits per heavy atom. The van der Waals surface area contributed by atoms with Gasteiger partial charge in [0.05, 0.1) is 25.3 Å². The molecule has 6 heteroatoms. The average molecular weight is 411 g/mol. The maximum Gasteiger partial charge on any atom is 0.213 e. The second-order valence-corrected chi connectivity index (χ2v) is 13.2. The third-order valence-electron chi connectivity index (χ3n) is 4.83. The Balaban J connectivity index is 2.35. The number of hydrogen-bond donors (Lipinski definition) is 1. The maximum absolute atomic E-state index is 6.49. The van der Waals surface area contributed by atoms with Gasteiger partial charge in [0.25, 0.3) is 0 Å². The van der Waals surface area contributed by atoms with Gasteiger partial charge in [-0.05, 0) is 30.3 Å². The molecule has 1 aromatic carbocycles. The Morgan fingerprint density at radius 1 is 1.21 bits per heavy atom. The molecule has 0 fully saturated rings. The van der Waals surface area contributed by atoms with E-state index in [4.69, 9.17) is 14.9 Å². The number of ether oxygens (including phenoxy) is 1. The van der Waals surface area contributed by atoms with Crippen molar-refractivity contribution >= 4 is 35.2 Å². The molecule has 132 valence electrons. The summed E-state index contributed by atoms with van der Waals surface area (Å²) in [4.78, 5) is 4.59. The van der Waals surface area contributed by atoms with Crippen molar-refractivity contribution in [2.75, 3.05) is 13.7 Å². The van der Waals surface area contributed by atoms with E-state index in [9.17, 15) is 0 Å². The molecule has 0 aliphatic rings. The van der Waals surface area contributed by atoms with E-state index in [-0.39, 0.29) is 11.1 Å². The van der Waals surface area contributed by atoms with Crippen molar-refractivity contribution in [2.24, 2.45) is 5.73 Å². The SMILES string of the molecule is COc1ccc2ccc(Br)c(C(N)CO[Si](C)(C)C(C)(C)C)c2n1. The maximum atomic E-state index is 6.49. The molecule has 0 amide bonds. The first-order valence-corrected chi connectivity index (χ1v) is 11.8. The minimum absolute atomic E-state index is 0.157. The van der Waals surface area contributed by atoms with Crippen LogP contribution in [-0.2, 0) is 4.43 Å². The van der Waals surface area contributed by atoms with Crippen molar-refractivity contribution < 1.29 is 9.16 Å². The van der Waals surface area contributed by atoms with Crippen LogP contribution in [0.3, 0.4) is 0 Å². The van der Waals surface area contributed by atoms with Crippen molar-refractivity contribution in [1.82, 2.24) is 4.98 Å². The molecule has 2 aromatic rings. The number of nitrogens with zero attached hydrogens (tertiary/aromatic N) is 1. The molecular weight excluding hydrogens is 384 g/mol. The van der Waals surface area contributed by atoms with Crippen LogP contribution in [0.15, 0.2) is 28.7 Å². The highest BCUT2D eigenvalue weighted by molar-refractivity contribution is 9.10. The second-order valence-electron chi connectivity index (χ2n) is 7.56. The fourth-order valence-electron chi connectivity index (χ4n) is 2.23. The van der Waals surface area contributed by atoms with Crippen molar-refractivity contribution in [2.45, 2.75) is 44.9 Å². The smallest absolute Gasteiger partial charge is 0.213 e.